The second-order valence-electron chi connectivity index (χ2n) is 6.62. The molecule has 144 valence electrons. The first kappa shape index (κ1) is 18.4. The molecule has 0 bridgehead atoms. The Bertz CT molecular complexity index is 1140. The van der Waals surface area contributed by atoms with Gasteiger partial charge in [-0.1, -0.05) is 0 Å². The van der Waals surface area contributed by atoms with Crippen molar-refractivity contribution in [2.75, 3.05) is 5.32 Å². The summed E-state index contributed by atoms with van der Waals surface area (Å²) in [5.74, 6) is 0.265. The fourth-order valence-corrected chi connectivity index (χ4v) is 2.98. The maximum atomic E-state index is 12.4. The Labute approximate surface area is 167 Å². The van der Waals surface area contributed by atoms with Crippen molar-refractivity contribution in [2.45, 2.75) is 20.4 Å². The third-order valence-electron chi connectivity index (χ3n) is 4.31. The van der Waals surface area contributed by atoms with Gasteiger partial charge in [-0.3, -0.25) is 24.4 Å². The molecule has 4 aromatic heterocycles. The maximum absolute atomic E-state index is 12.4. The van der Waals surface area contributed by atoms with E-state index in [0.29, 0.717) is 5.82 Å². The molecule has 0 aliphatic heterocycles. The lowest BCUT2D eigenvalue weighted by atomic mass is 10.1. The van der Waals surface area contributed by atoms with E-state index in [0.717, 1.165) is 33.8 Å². The molecule has 0 fully saturated rings. The number of amides is 1. The van der Waals surface area contributed by atoms with E-state index in [1.807, 2.05) is 38.2 Å². The molecule has 4 heterocycles. The van der Waals surface area contributed by atoms with Crippen molar-refractivity contribution in [1.29, 1.82) is 0 Å². The van der Waals surface area contributed by atoms with Gasteiger partial charge in [0, 0.05) is 47.8 Å². The summed E-state index contributed by atoms with van der Waals surface area (Å²) in [7, 11) is 0. The van der Waals surface area contributed by atoms with Crippen molar-refractivity contribution >= 4 is 11.7 Å². The maximum Gasteiger partial charge on any atom is 0.247 e. The minimum Gasteiger partial charge on any atom is -0.309 e. The Morgan fingerprint density at radius 2 is 1.90 bits per heavy atom. The van der Waals surface area contributed by atoms with Crippen molar-refractivity contribution in [2.24, 2.45) is 0 Å². The second kappa shape index (κ2) is 7.97. The van der Waals surface area contributed by atoms with Gasteiger partial charge in [0.15, 0.2) is 0 Å². The quantitative estimate of drug-likeness (QED) is 0.567. The number of hydrogen-bond acceptors (Lipinski definition) is 6. The Morgan fingerprint density at radius 3 is 2.62 bits per heavy atom. The number of hydrogen-bond donors (Lipinski definition) is 1. The lowest BCUT2D eigenvalue weighted by molar-refractivity contribution is -0.116. The average Bonchev–Trinajstić information content (AvgIpc) is 3.09. The van der Waals surface area contributed by atoms with E-state index in [1.54, 1.807) is 41.7 Å². The Hall–Kier alpha value is -3.94. The van der Waals surface area contributed by atoms with Crippen molar-refractivity contribution in [3.05, 3.63) is 72.7 Å². The van der Waals surface area contributed by atoms with Gasteiger partial charge in [-0.15, -0.1) is 0 Å². The van der Waals surface area contributed by atoms with Crippen molar-refractivity contribution in [3.63, 3.8) is 0 Å². The van der Waals surface area contributed by atoms with Gasteiger partial charge in [-0.25, -0.2) is 4.98 Å². The van der Waals surface area contributed by atoms with Crippen LogP contribution in [-0.2, 0) is 11.3 Å². The standard InChI is InChI=1S/C21H19N7O/c1-14-12-28(27-21(14)16-5-6-23-15(2)9-16)13-20(29)26-19-4-3-17(10-25-19)18-11-22-7-8-24-18/h3-12H,13H2,1-2H3,(H,25,26,29). The third kappa shape index (κ3) is 4.32. The number of aromatic nitrogens is 6. The van der Waals surface area contributed by atoms with Gasteiger partial charge in [0.2, 0.25) is 5.91 Å². The minimum absolute atomic E-state index is 0.0957. The number of nitrogens with one attached hydrogen (secondary N) is 1. The summed E-state index contributed by atoms with van der Waals surface area (Å²) in [6, 6.07) is 7.47. The Morgan fingerprint density at radius 1 is 1.00 bits per heavy atom. The van der Waals surface area contributed by atoms with E-state index in [1.165, 1.54) is 0 Å². The number of rotatable bonds is 5. The summed E-state index contributed by atoms with van der Waals surface area (Å²) in [5, 5.41) is 7.34. The van der Waals surface area contributed by atoms with E-state index in [-0.39, 0.29) is 12.5 Å². The number of carbonyl (C=O) groups excluding carboxylic acids is 1. The highest BCUT2D eigenvalue weighted by Crippen LogP contribution is 2.21. The molecule has 0 saturated heterocycles. The molecule has 0 saturated carbocycles. The van der Waals surface area contributed by atoms with Gasteiger partial charge in [0.1, 0.15) is 12.4 Å². The first-order valence-corrected chi connectivity index (χ1v) is 9.08. The largest absolute Gasteiger partial charge is 0.309 e. The van der Waals surface area contributed by atoms with Crippen LogP contribution in [0.2, 0.25) is 0 Å². The number of aryl methyl sites for hydroxylation is 2. The van der Waals surface area contributed by atoms with Gasteiger partial charge in [-0.05, 0) is 43.7 Å². The van der Waals surface area contributed by atoms with Crippen molar-refractivity contribution in [3.8, 4) is 22.5 Å². The van der Waals surface area contributed by atoms with Gasteiger partial charge >= 0.3 is 0 Å². The minimum atomic E-state index is -0.204. The zero-order valence-corrected chi connectivity index (χ0v) is 16.1. The molecule has 4 rings (SSSR count). The summed E-state index contributed by atoms with van der Waals surface area (Å²) in [6.45, 7) is 4.00. The zero-order valence-electron chi connectivity index (χ0n) is 16.1. The molecular weight excluding hydrogens is 366 g/mol. The van der Waals surface area contributed by atoms with Gasteiger partial charge in [-0.2, -0.15) is 5.10 Å². The SMILES string of the molecule is Cc1cc(-c2nn(CC(=O)Nc3ccc(-c4cnccn4)cn3)cc2C)ccn1. The lowest BCUT2D eigenvalue weighted by Crippen LogP contribution is -2.19. The van der Waals surface area contributed by atoms with Gasteiger partial charge < -0.3 is 5.32 Å². The van der Waals surface area contributed by atoms with E-state index >= 15 is 0 Å². The summed E-state index contributed by atoms with van der Waals surface area (Å²) in [6.07, 6.45) is 10.2. The van der Waals surface area contributed by atoms with Crippen LogP contribution in [0, 0.1) is 13.8 Å². The number of pyridine rings is 2. The van der Waals surface area contributed by atoms with E-state index in [4.69, 9.17) is 0 Å². The highest BCUT2D eigenvalue weighted by molar-refractivity contribution is 5.89. The summed E-state index contributed by atoms with van der Waals surface area (Å²) < 4.78 is 1.63. The first-order valence-electron chi connectivity index (χ1n) is 9.08. The van der Waals surface area contributed by atoms with Crippen LogP contribution in [-0.4, -0.2) is 35.6 Å². The third-order valence-corrected chi connectivity index (χ3v) is 4.31. The summed E-state index contributed by atoms with van der Waals surface area (Å²) >= 11 is 0. The molecule has 29 heavy (non-hydrogen) atoms. The summed E-state index contributed by atoms with van der Waals surface area (Å²) in [5.41, 5.74) is 5.30. The molecule has 0 aliphatic rings. The smallest absolute Gasteiger partial charge is 0.247 e. The Balaban J connectivity index is 1.43. The monoisotopic (exact) mass is 385 g/mol. The van der Waals surface area contributed by atoms with Crippen LogP contribution in [0.25, 0.3) is 22.5 Å². The van der Waals surface area contributed by atoms with Crippen LogP contribution < -0.4 is 5.32 Å². The Kier molecular flexibility index (Phi) is 5.07. The molecule has 1 N–H and O–H groups in total. The van der Waals surface area contributed by atoms with Crippen LogP contribution in [0.4, 0.5) is 5.82 Å². The van der Waals surface area contributed by atoms with Crippen LogP contribution in [0.15, 0.2) is 61.4 Å². The molecule has 0 spiro atoms. The fourth-order valence-electron chi connectivity index (χ4n) is 2.98. The summed E-state index contributed by atoms with van der Waals surface area (Å²) in [4.78, 5) is 29.2. The first-order chi connectivity index (χ1) is 14.1. The zero-order chi connectivity index (χ0) is 20.2. The van der Waals surface area contributed by atoms with Crippen LogP contribution in [0.5, 0.6) is 0 Å². The lowest BCUT2D eigenvalue weighted by Gasteiger charge is -2.06. The molecule has 8 heteroatoms. The highest BCUT2D eigenvalue weighted by Gasteiger charge is 2.11. The predicted molar refractivity (Wildman–Crippen MR) is 109 cm³/mol. The number of carbonyl (C=O) groups is 1. The van der Waals surface area contributed by atoms with Crippen molar-refractivity contribution in [1.82, 2.24) is 29.7 Å². The van der Waals surface area contributed by atoms with Crippen LogP contribution in [0.3, 0.4) is 0 Å². The van der Waals surface area contributed by atoms with Gasteiger partial charge in [0.25, 0.3) is 0 Å². The number of nitrogens with zero attached hydrogens (tertiary/aromatic N) is 6. The van der Waals surface area contributed by atoms with Crippen LogP contribution in [0.1, 0.15) is 11.3 Å². The normalized spacial score (nSPS) is 10.7. The molecule has 0 aliphatic carbocycles. The molecule has 1 amide bonds. The molecule has 0 radical (unpaired) electrons. The molecule has 0 aromatic carbocycles. The molecular formula is C21H19N7O. The second-order valence-corrected chi connectivity index (χ2v) is 6.62. The molecule has 8 nitrogen and oxygen atoms in total. The molecule has 0 unspecified atom stereocenters. The average molecular weight is 385 g/mol. The predicted octanol–water partition coefficient (Wildman–Crippen LogP) is 3.05. The van der Waals surface area contributed by atoms with Crippen molar-refractivity contribution < 1.29 is 4.79 Å². The van der Waals surface area contributed by atoms with E-state index in [2.05, 4.69) is 30.4 Å². The van der Waals surface area contributed by atoms with Gasteiger partial charge in [0.05, 0.1) is 17.6 Å². The van der Waals surface area contributed by atoms with E-state index in [9.17, 15) is 4.79 Å². The van der Waals surface area contributed by atoms with E-state index < -0.39 is 0 Å². The van der Waals surface area contributed by atoms with Crippen LogP contribution >= 0.6 is 0 Å². The fraction of sp³-hybridized carbons (Fsp3) is 0.143. The molecule has 0 atom stereocenters. The number of anilines is 1. The molecule has 4 aromatic rings. The highest BCUT2D eigenvalue weighted by atomic mass is 16.2. The topological polar surface area (TPSA) is 98.5 Å².